The van der Waals surface area contributed by atoms with Crippen LogP contribution in [-0.2, 0) is 6.42 Å². The quantitative estimate of drug-likeness (QED) is 0.417. The van der Waals surface area contributed by atoms with Gasteiger partial charge in [0.25, 0.3) is 0 Å². The predicted octanol–water partition coefficient (Wildman–Crippen LogP) is 6.99. The lowest BCUT2D eigenvalue weighted by atomic mass is 9.80. The van der Waals surface area contributed by atoms with Crippen LogP contribution in [0.4, 0.5) is 10.1 Å². The molecule has 1 aliphatic rings. The lowest BCUT2D eigenvalue weighted by molar-refractivity contribution is 0.278. The maximum atomic E-state index is 14.0. The van der Waals surface area contributed by atoms with E-state index in [4.69, 9.17) is 0 Å². The van der Waals surface area contributed by atoms with Crippen molar-refractivity contribution in [3.05, 3.63) is 53.8 Å². The predicted molar refractivity (Wildman–Crippen MR) is 106 cm³/mol. The molecular formula is C22H24FNS. The highest BCUT2D eigenvalue weighted by Crippen LogP contribution is 2.31. The number of hydrogen-bond donors (Lipinski definition) is 0. The van der Waals surface area contributed by atoms with E-state index in [9.17, 15) is 4.39 Å². The molecule has 0 amide bonds. The average Bonchev–Trinajstić information content (AvgIpc) is 2.63. The molecular weight excluding hydrogens is 329 g/mol. The summed E-state index contributed by atoms with van der Waals surface area (Å²) in [6.07, 6.45) is 7.96. The zero-order valence-corrected chi connectivity index (χ0v) is 15.5. The molecule has 1 fully saturated rings. The summed E-state index contributed by atoms with van der Waals surface area (Å²) < 4.78 is 14.0. The molecule has 2 aromatic rings. The molecule has 25 heavy (non-hydrogen) atoms. The van der Waals surface area contributed by atoms with Gasteiger partial charge in [0.2, 0.25) is 0 Å². The molecule has 1 nitrogen and oxygen atoms in total. The number of nitrogens with zero attached hydrogens (tertiary/aromatic N) is 1. The van der Waals surface area contributed by atoms with Gasteiger partial charge in [-0.05, 0) is 65.7 Å². The van der Waals surface area contributed by atoms with Gasteiger partial charge in [-0.1, -0.05) is 62.9 Å². The number of aryl methyl sites for hydroxylation is 1. The Hall–Kier alpha value is -1.83. The third-order valence-electron chi connectivity index (χ3n) is 5.38. The summed E-state index contributed by atoms with van der Waals surface area (Å²) in [6.45, 7) is 2.37. The molecule has 0 saturated heterocycles. The van der Waals surface area contributed by atoms with Crippen molar-refractivity contribution in [1.82, 2.24) is 0 Å². The molecule has 3 rings (SSSR count). The highest BCUT2D eigenvalue weighted by molar-refractivity contribution is 7.78. The van der Waals surface area contributed by atoms with Gasteiger partial charge in [0.05, 0.1) is 5.16 Å². The Balaban J connectivity index is 1.62. The van der Waals surface area contributed by atoms with Gasteiger partial charge in [0, 0.05) is 0 Å². The van der Waals surface area contributed by atoms with Crippen molar-refractivity contribution >= 4 is 23.1 Å². The number of benzene rings is 2. The second kappa shape index (κ2) is 8.51. The maximum absolute atomic E-state index is 14.0. The molecule has 0 radical (unpaired) electrons. The van der Waals surface area contributed by atoms with Gasteiger partial charge >= 0.3 is 0 Å². The average molecular weight is 354 g/mol. The summed E-state index contributed by atoms with van der Waals surface area (Å²) in [5.41, 5.74) is 3.47. The van der Waals surface area contributed by atoms with Crippen molar-refractivity contribution in [2.45, 2.75) is 45.4 Å². The first-order valence-electron chi connectivity index (χ1n) is 9.12. The number of isothiocyanates is 1. The number of aliphatic imine (C=N–C) groups is 1. The summed E-state index contributed by atoms with van der Waals surface area (Å²) in [6, 6.07) is 13.5. The molecule has 130 valence electrons. The van der Waals surface area contributed by atoms with Crippen LogP contribution in [0.25, 0.3) is 11.1 Å². The molecule has 2 aromatic carbocycles. The van der Waals surface area contributed by atoms with Gasteiger partial charge in [-0.25, -0.2) is 4.39 Å². The molecule has 0 aromatic heterocycles. The normalized spacial score (nSPS) is 20.1. The van der Waals surface area contributed by atoms with Crippen LogP contribution in [0.3, 0.4) is 0 Å². The lowest BCUT2D eigenvalue weighted by Crippen LogP contribution is -2.12. The van der Waals surface area contributed by atoms with Crippen molar-refractivity contribution in [3.63, 3.8) is 0 Å². The van der Waals surface area contributed by atoms with Crippen LogP contribution < -0.4 is 0 Å². The van der Waals surface area contributed by atoms with E-state index in [1.807, 2.05) is 6.07 Å². The number of rotatable bonds is 5. The zero-order chi connectivity index (χ0) is 17.6. The number of hydrogen-bond acceptors (Lipinski definition) is 2. The summed E-state index contributed by atoms with van der Waals surface area (Å²) in [5.74, 6) is 1.43. The summed E-state index contributed by atoms with van der Waals surface area (Å²) in [5, 5.41) is 2.20. The van der Waals surface area contributed by atoms with E-state index in [-0.39, 0.29) is 11.5 Å². The van der Waals surface area contributed by atoms with Crippen molar-refractivity contribution in [1.29, 1.82) is 0 Å². The highest BCUT2D eigenvalue weighted by atomic mass is 32.1. The molecule has 0 heterocycles. The summed E-state index contributed by atoms with van der Waals surface area (Å²) in [4.78, 5) is 3.72. The van der Waals surface area contributed by atoms with E-state index in [2.05, 4.69) is 53.6 Å². The van der Waals surface area contributed by atoms with Gasteiger partial charge in [0.15, 0.2) is 0 Å². The van der Waals surface area contributed by atoms with Crippen molar-refractivity contribution in [2.75, 3.05) is 0 Å². The van der Waals surface area contributed by atoms with Gasteiger partial charge < -0.3 is 0 Å². The van der Waals surface area contributed by atoms with Crippen molar-refractivity contribution < 1.29 is 4.39 Å². The Kier molecular flexibility index (Phi) is 6.12. The standard InChI is InChI=1S/C22H24FNS/c1-16-2-4-17(5-3-16)6-7-18-8-10-19(11-9-18)20-12-13-22(24-15-25)21(23)14-20/h8-14,16-17H,2-7H2,1H3. The molecule has 0 spiro atoms. The van der Waals surface area contributed by atoms with Crippen LogP contribution in [0.2, 0.25) is 0 Å². The largest absolute Gasteiger partial charge is 0.205 e. The van der Waals surface area contributed by atoms with E-state index in [1.54, 1.807) is 6.07 Å². The van der Waals surface area contributed by atoms with E-state index in [0.29, 0.717) is 0 Å². The van der Waals surface area contributed by atoms with Crippen LogP contribution in [0.15, 0.2) is 47.5 Å². The first-order chi connectivity index (χ1) is 12.2. The maximum Gasteiger partial charge on any atom is 0.150 e. The van der Waals surface area contributed by atoms with E-state index < -0.39 is 0 Å². The Morgan fingerprint density at radius 3 is 2.36 bits per heavy atom. The molecule has 0 N–H and O–H groups in total. The fraction of sp³-hybridized carbons (Fsp3) is 0.409. The first kappa shape index (κ1) is 18.0. The number of thiocarbonyl (C=S) groups is 1. The summed E-state index contributed by atoms with van der Waals surface area (Å²) >= 11 is 4.53. The fourth-order valence-corrected chi connectivity index (χ4v) is 3.78. The van der Waals surface area contributed by atoms with Crippen molar-refractivity contribution in [2.24, 2.45) is 16.8 Å². The van der Waals surface area contributed by atoms with Crippen LogP contribution in [-0.4, -0.2) is 5.16 Å². The van der Waals surface area contributed by atoms with E-state index in [1.165, 1.54) is 43.7 Å². The molecule has 0 bridgehead atoms. The van der Waals surface area contributed by atoms with Crippen LogP contribution in [0.5, 0.6) is 0 Å². The van der Waals surface area contributed by atoms with Crippen molar-refractivity contribution in [3.8, 4) is 11.1 Å². The molecule has 0 atom stereocenters. The third kappa shape index (κ3) is 4.84. The van der Waals surface area contributed by atoms with Gasteiger partial charge in [-0.3, -0.25) is 0 Å². The minimum absolute atomic E-state index is 0.233. The Morgan fingerprint density at radius 2 is 1.72 bits per heavy atom. The Labute approximate surface area is 155 Å². The zero-order valence-electron chi connectivity index (χ0n) is 14.7. The first-order valence-corrected chi connectivity index (χ1v) is 9.53. The van der Waals surface area contributed by atoms with Gasteiger partial charge in [-0.15, -0.1) is 0 Å². The van der Waals surface area contributed by atoms with Gasteiger partial charge in [0.1, 0.15) is 11.5 Å². The second-order valence-corrected chi connectivity index (χ2v) is 7.41. The molecule has 3 heteroatoms. The molecule has 1 aliphatic carbocycles. The minimum atomic E-state index is -0.370. The van der Waals surface area contributed by atoms with E-state index in [0.717, 1.165) is 29.4 Å². The van der Waals surface area contributed by atoms with E-state index >= 15 is 0 Å². The Bertz CT molecular complexity index is 754. The molecule has 1 saturated carbocycles. The minimum Gasteiger partial charge on any atom is -0.205 e. The lowest BCUT2D eigenvalue weighted by Gasteiger charge is -2.26. The third-order valence-corrected chi connectivity index (χ3v) is 5.47. The topological polar surface area (TPSA) is 12.4 Å². The van der Waals surface area contributed by atoms with Crippen LogP contribution in [0.1, 0.15) is 44.6 Å². The SMILES string of the molecule is CC1CCC(CCc2ccc(-c3ccc(N=C=S)c(F)c3)cc2)CC1. The summed E-state index contributed by atoms with van der Waals surface area (Å²) in [7, 11) is 0. The fourth-order valence-electron chi connectivity index (χ4n) is 3.68. The highest BCUT2D eigenvalue weighted by Gasteiger charge is 2.17. The van der Waals surface area contributed by atoms with Crippen LogP contribution in [0, 0.1) is 17.7 Å². The Morgan fingerprint density at radius 1 is 1.04 bits per heavy atom. The molecule has 0 unspecified atom stereocenters. The van der Waals surface area contributed by atoms with Crippen LogP contribution >= 0.6 is 12.2 Å². The monoisotopic (exact) mass is 353 g/mol. The van der Waals surface area contributed by atoms with Gasteiger partial charge in [-0.2, -0.15) is 4.99 Å². The number of halogens is 1. The molecule has 0 aliphatic heterocycles. The smallest absolute Gasteiger partial charge is 0.150 e. The second-order valence-electron chi connectivity index (χ2n) is 7.23.